The number of nitrogens with one attached hydrogen (secondary N) is 1. The van der Waals surface area contributed by atoms with Gasteiger partial charge in [0, 0.05) is 12.1 Å². The van der Waals surface area contributed by atoms with E-state index in [9.17, 15) is 9.50 Å². The fraction of sp³-hybridized carbons (Fsp3) is 0.200. The van der Waals surface area contributed by atoms with Gasteiger partial charge < -0.3 is 14.9 Å². The number of benzene rings is 1. The van der Waals surface area contributed by atoms with Gasteiger partial charge in [-0.1, -0.05) is 5.16 Å². The smallest absolute Gasteiger partial charge is 0.213 e. The zero-order chi connectivity index (χ0) is 11.4. The van der Waals surface area contributed by atoms with Gasteiger partial charge in [-0.05, 0) is 18.2 Å². The predicted molar refractivity (Wildman–Crippen MR) is 52.9 cm³/mol. The lowest BCUT2D eigenvalue weighted by molar-refractivity contribution is 0.407. The van der Waals surface area contributed by atoms with Crippen molar-refractivity contribution in [2.24, 2.45) is 0 Å². The Morgan fingerprint density at radius 1 is 1.38 bits per heavy atom. The van der Waals surface area contributed by atoms with E-state index in [4.69, 9.17) is 0 Å². The maximum atomic E-state index is 12.9. The molecule has 0 saturated carbocycles. The highest BCUT2D eigenvalue weighted by Crippen LogP contribution is 2.17. The molecule has 6 heteroatoms. The number of hydrogen-bond donors (Lipinski definition) is 2. The Morgan fingerprint density at radius 2 is 2.25 bits per heavy atom. The number of halogens is 1. The van der Waals surface area contributed by atoms with Crippen LogP contribution in [-0.2, 0) is 13.1 Å². The summed E-state index contributed by atoms with van der Waals surface area (Å²) in [5, 5.41) is 16.0. The Balaban J connectivity index is 1.92. The Bertz CT molecular complexity index is 459. The number of aromatic nitrogens is 2. The van der Waals surface area contributed by atoms with Crippen LogP contribution in [0, 0.1) is 5.82 Å². The average Bonchev–Trinajstić information content (AvgIpc) is 2.76. The van der Waals surface area contributed by atoms with E-state index in [1.54, 1.807) is 0 Å². The summed E-state index contributed by atoms with van der Waals surface area (Å²) >= 11 is 0. The predicted octanol–water partition coefficient (Wildman–Crippen LogP) is 1.20. The molecule has 0 fully saturated rings. The molecule has 0 atom stereocenters. The Hall–Kier alpha value is -1.95. The van der Waals surface area contributed by atoms with Gasteiger partial charge in [-0.2, -0.15) is 4.98 Å². The number of rotatable bonds is 4. The van der Waals surface area contributed by atoms with E-state index in [2.05, 4.69) is 20.0 Å². The Morgan fingerprint density at radius 3 is 3.00 bits per heavy atom. The zero-order valence-electron chi connectivity index (χ0n) is 8.35. The van der Waals surface area contributed by atoms with Gasteiger partial charge in [0.1, 0.15) is 11.6 Å². The van der Waals surface area contributed by atoms with Gasteiger partial charge in [-0.3, -0.25) is 0 Å². The fourth-order valence-corrected chi connectivity index (χ4v) is 1.27. The van der Waals surface area contributed by atoms with Crippen molar-refractivity contribution < 1.29 is 14.0 Å². The van der Waals surface area contributed by atoms with Gasteiger partial charge >= 0.3 is 0 Å². The SMILES string of the molecule is Oc1ccc(F)cc1CNCc1ncon1. The van der Waals surface area contributed by atoms with Crippen LogP contribution < -0.4 is 5.32 Å². The largest absolute Gasteiger partial charge is 0.508 e. The molecule has 1 heterocycles. The number of hydrogen-bond acceptors (Lipinski definition) is 5. The van der Waals surface area contributed by atoms with Gasteiger partial charge in [0.2, 0.25) is 6.39 Å². The highest BCUT2D eigenvalue weighted by Gasteiger charge is 2.03. The molecule has 0 aliphatic heterocycles. The molecule has 2 rings (SSSR count). The molecule has 0 unspecified atom stereocenters. The van der Waals surface area contributed by atoms with Gasteiger partial charge in [0.15, 0.2) is 5.82 Å². The van der Waals surface area contributed by atoms with Crippen molar-refractivity contribution >= 4 is 0 Å². The normalized spacial score (nSPS) is 10.6. The molecule has 0 aliphatic rings. The van der Waals surface area contributed by atoms with E-state index in [0.29, 0.717) is 24.5 Å². The minimum absolute atomic E-state index is 0.0574. The minimum Gasteiger partial charge on any atom is -0.508 e. The van der Waals surface area contributed by atoms with Gasteiger partial charge in [0.05, 0.1) is 6.54 Å². The second-order valence-corrected chi connectivity index (χ2v) is 3.22. The monoisotopic (exact) mass is 223 g/mol. The molecule has 5 nitrogen and oxygen atoms in total. The van der Waals surface area contributed by atoms with Crippen molar-refractivity contribution in [3.63, 3.8) is 0 Å². The summed E-state index contributed by atoms with van der Waals surface area (Å²) in [6.45, 7) is 0.727. The first-order chi connectivity index (χ1) is 7.75. The van der Waals surface area contributed by atoms with Gasteiger partial charge in [-0.15, -0.1) is 0 Å². The second-order valence-electron chi connectivity index (χ2n) is 3.22. The molecular weight excluding hydrogens is 213 g/mol. The van der Waals surface area contributed by atoms with Crippen LogP contribution in [0.5, 0.6) is 5.75 Å². The van der Waals surface area contributed by atoms with Crippen LogP contribution in [0.1, 0.15) is 11.4 Å². The van der Waals surface area contributed by atoms with Crippen LogP contribution in [0.4, 0.5) is 4.39 Å². The molecule has 0 amide bonds. The maximum absolute atomic E-state index is 12.9. The molecule has 0 radical (unpaired) electrons. The van der Waals surface area contributed by atoms with Gasteiger partial charge in [0.25, 0.3) is 0 Å². The summed E-state index contributed by atoms with van der Waals surface area (Å²) < 4.78 is 17.4. The molecule has 16 heavy (non-hydrogen) atoms. The first-order valence-electron chi connectivity index (χ1n) is 4.69. The molecule has 0 aliphatic carbocycles. The van der Waals surface area contributed by atoms with E-state index in [1.165, 1.54) is 24.6 Å². The van der Waals surface area contributed by atoms with Crippen molar-refractivity contribution in [1.82, 2.24) is 15.5 Å². The van der Waals surface area contributed by atoms with Crippen molar-refractivity contribution in [1.29, 1.82) is 0 Å². The third-order valence-corrected chi connectivity index (χ3v) is 2.05. The number of nitrogens with zero attached hydrogens (tertiary/aromatic N) is 2. The summed E-state index contributed by atoms with van der Waals surface area (Å²) in [5.74, 6) is 0.187. The molecule has 1 aromatic carbocycles. The third-order valence-electron chi connectivity index (χ3n) is 2.05. The van der Waals surface area contributed by atoms with E-state index in [0.717, 1.165) is 0 Å². The lowest BCUT2D eigenvalue weighted by Gasteiger charge is -2.04. The first-order valence-corrected chi connectivity index (χ1v) is 4.69. The summed E-state index contributed by atoms with van der Waals surface area (Å²) in [7, 11) is 0. The number of aromatic hydroxyl groups is 1. The summed E-state index contributed by atoms with van der Waals surface area (Å²) in [5.41, 5.74) is 0.489. The van der Waals surface area contributed by atoms with Crippen LogP contribution >= 0.6 is 0 Å². The highest BCUT2D eigenvalue weighted by atomic mass is 19.1. The maximum Gasteiger partial charge on any atom is 0.213 e. The van der Waals surface area contributed by atoms with E-state index >= 15 is 0 Å². The number of phenolic OH excluding ortho intramolecular Hbond substituents is 1. The van der Waals surface area contributed by atoms with Crippen LogP contribution in [0.2, 0.25) is 0 Å². The first kappa shape index (κ1) is 10.6. The summed E-state index contributed by atoms with van der Waals surface area (Å²) in [6.07, 6.45) is 1.23. The van der Waals surface area contributed by atoms with Crippen molar-refractivity contribution in [3.8, 4) is 5.75 Å². The van der Waals surface area contributed by atoms with Gasteiger partial charge in [-0.25, -0.2) is 4.39 Å². The fourth-order valence-electron chi connectivity index (χ4n) is 1.27. The van der Waals surface area contributed by atoms with Crippen LogP contribution in [-0.4, -0.2) is 15.2 Å². The highest BCUT2D eigenvalue weighted by molar-refractivity contribution is 5.32. The van der Waals surface area contributed by atoms with Crippen LogP contribution in [0.15, 0.2) is 29.1 Å². The van der Waals surface area contributed by atoms with Crippen molar-refractivity contribution in [3.05, 3.63) is 41.8 Å². The zero-order valence-corrected chi connectivity index (χ0v) is 8.35. The topological polar surface area (TPSA) is 71.2 Å². The summed E-state index contributed by atoms with van der Waals surface area (Å²) in [4.78, 5) is 3.81. The Kier molecular flexibility index (Phi) is 3.11. The summed E-state index contributed by atoms with van der Waals surface area (Å²) in [6, 6.07) is 3.80. The van der Waals surface area contributed by atoms with E-state index in [-0.39, 0.29) is 11.6 Å². The second kappa shape index (κ2) is 4.71. The van der Waals surface area contributed by atoms with Crippen molar-refractivity contribution in [2.45, 2.75) is 13.1 Å². The number of phenols is 1. The van der Waals surface area contributed by atoms with Crippen LogP contribution in [0.25, 0.3) is 0 Å². The lowest BCUT2D eigenvalue weighted by atomic mass is 10.2. The molecular formula is C10H10FN3O2. The molecule has 0 saturated heterocycles. The third kappa shape index (κ3) is 2.54. The molecule has 0 spiro atoms. The molecule has 2 aromatic rings. The van der Waals surface area contributed by atoms with Crippen molar-refractivity contribution in [2.75, 3.05) is 0 Å². The standard InChI is InChI=1S/C10H10FN3O2/c11-8-1-2-9(15)7(3-8)4-12-5-10-13-6-16-14-10/h1-3,6,12,15H,4-5H2. The van der Waals surface area contributed by atoms with Crippen LogP contribution in [0.3, 0.4) is 0 Å². The molecule has 0 bridgehead atoms. The minimum atomic E-state index is -0.380. The quantitative estimate of drug-likeness (QED) is 0.815. The average molecular weight is 223 g/mol. The molecule has 84 valence electrons. The lowest BCUT2D eigenvalue weighted by Crippen LogP contribution is -2.13. The molecule has 2 N–H and O–H groups in total. The van der Waals surface area contributed by atoms with E-state index in [1.807, 2.05) is 0 Å². The van der Waals surface area contributed by atoms with E-state index < -0.39 is 0 Å². The Labute approximate surface area is 90.9 Å². The molecule has 1 aromatic heterocycles.